The summed E-state index contributed by atoms with van der Waals surface area (Å²) in [6, 6.07) is 4.96. The number of alkyl halides is 3. The van der Waals surface area contributed by atoms with Crippen molar-refractivity contribution in [1.82, 2.24) is 5.32 Å². The minimum atomic E-state index is -4.55. The summed E-state index contributed by atoms with van der Waals surface area (Å²) in [6.07, 6.45) is -4.01. The van der Waals surface area contributed by atoms with Crippen molar-refractivity contribution in [2.24, 2.45) is 0 Å². The first-order valence-corrected chi connectivity index (χ1v) is 5.39. The molecule has 0 spiro atoms. The van der Waals surface area contributed by atoms with E-state index in [1.165, 1.54) is 12.1 Å². The lowest BCUT2D eigenvalue weighted by atomic mass is 9.90. The van der Waals surface area contributed by atoms with Gasteiger partial charge in [-0.05, 0) is 26.0 Å². The van der Waals surface area contributed by atoms with E-state index >= 15 is 0 Å². The molecule has 1 rings (SSSR count). The second kappa shape index (κ2) is 5.04. The smallest absolute Gasteiger partial charge is 0.300 e. The topological polar surface area (TPSA) is 12.0 Å². The molecule has 1 atom stereocenters. The summed E-state index contributed by atoms with van der Waals surface area (Å²) in [5.74, 6) is -0.851. The van der Waals surface area contributed by atoms with E-state index in [1.54, 1.807) is 6.92 Å². The van der Waals surface area contributed by atoms with Crippen molar-refractivity contribution in [1.29, 1.82) is 0 Å². The first kappa shape index (κ1) is 14.0. The molecule has 0 aliphatic carbocycles. The SMILES string of the molecule is CCCNC(C)(c1ccccc1F)C(F)(F)F. The second-order valence-electron chi connectivity index (χ2n) is 4.03. The summed E-state index contributed by atoms with van der Waals surface area (Å²) in [7, 11) is 0. The molecule has 0 aromatic heterocycles. The molecule has 96 valence electrons. The lowest BCUT2D eigenvalue weighted by molar-refractivity contribution is -0.196. The molecule has 1 aromatic rings. The van der Waals surface area contributed by atoms with Crippen molar-refractivity contribution in [3.63, 3.8) is 0 Å². The van der Waals surface area contributed by atoms with Crippen LogP contribution in [0.5, 0.6) is 0 Å². The van der Waals surface area contributed by atoms with Gasteiger partial charge in [-0.3, -0.25) is 0 Å². The van der Waals surface area contributed by atoms with Crippen LogP contribution in [-0.2, 0) is 5.54 Å². The van der Waals surface area contributed by atoms with Crippen molar-refractivity contribution in [2.45, 2.75) is 32.0 Å². The van der Waals surface area contributed by atoms with Gasteiger partial charge in [-0.25, -0.2) is 4.39 Å². The number of benzene rings is 1. The molecule has 1 unspecified atom stereocenters. The Kier molecular flexibility index (Phi) is 4.14. The van der Waals surface area contributed by atoms with E-state index in [0.29, 0.717) is 6.42 Å². The standard InChI is InChI=1S/C12H15F4N/c1-3-8-17-11(2,12(14,15)16)9-6-4-5-7-10(9)13/h4-7,17H,3,8H2,1-2H3. The maximum atomic E-state index is 13.5. The molecule has 1 aromatic carbocycles. The Labute approximate surface area is 97.8 Å². The van der Waals surface area contributed by atoms with Crippen LogP contribution in [0.3, 0.4) is 0 Å². The highest BCUT2D eigenvalue weighted by atomic mass is 19.4. The third-order valence-electron chi connectivity index (χ3n) is 2.71. The van der Waals surface area contributed by atoms with Crippen LogP contribution in [0.15, 0.2) is 24.3 Å². The van der Waals surface area contributed by atoms with Crippen LogP contribution in [0.1, 0.15) is 25.8 Å². The molecule has 0 heterocycles. The zero-order valence-electron chi connectivity index (χ0n) is 9.74. The quantitative estimate of drug-likeness (QED) is 0.804. The summed E-state index contributed by atoms with van der Waals surface area (Å²) in [6.45, 7) is 2.89. The predicted octanol–water partition coefficient (Wildman–Crippen LogP) is 3.60. The Morgan fingerprint density at radius 3 is 2.24 bits per heavy atom. The summed E-state index contributed by atoms with van der Waals surface area (Å²) in [5, 5.41) is 2.38. The van der Waals surface area contributed by atoms with Gasteiger partial charge in [0.1, 0.15) is 11.4 Å². The lowest BCUT2D eigenvalue weighted by Crippen LogP contribution is -2.52. The van der Waals surface area contributed by atoms with Crippen LogP contribution < -0.4 is 5.32 Å². The van der Waals surface area contributed by atoms with Crippen LogP contribution in [-0.4, -0.2) is 12.7 Å². The maximum Gasteiger partial charge on any atom is 0.410 e. The first-order valence-electron chi connectivity index (χ1n) is 5.39. The predicted molar refractivity (Wildman–Crippen MR) is 58.1 cm³/mol. The van der Waals surface area contributed by atoms with E-state index in [2.05, 4.69) is 5.32 Å². The molecule has 0 amide bonds. The summed E-state index contributed by atoms with van der Waals surface area (Å²) < 4.78 is 52.7. The molecule has 0 saturated heterocycles. The van der Waals surface area contributed by atoms with Gasteiger partial charge in [0, 0.05) is 5.56 Å². The summed E-state index contributed by atoms with van der Waals surface area (Å²) >= 11 is 0. The monoisotopic (exact) mass is 249 g/mol. The van der Waals surface area contributed by atoms with Gasteiger partial charge in [0.05, 0.1) is 0 Å². The third-order valence-corrected chi connectivity index (χ3v) is 2.71. The number of halogens is 4. The second-order valence-corrected chi connectivity index (χ2v) is 4.03. The average Bonchev–Trinajstić information content (AvgIpc) is 2.25. The van der Waals surface area contributed by atoms with Gasteiger partial charge in [-0.1, -0.05) is 25.1 Å². The van der Waals surface area contributed by atoms with E-state index in [0.717, 1.165) is 19.1 Å². The lowest BCUT2D eigenvalue weighted by Gasteiger charge is -2.33. The van der Waals surface area contributed by atoms with E-state index in [4.69, 9.17) is 0 Å². The Bertz CT molecular complexity index is 375. The fourth-order valence-corrected chi connectivity index (χ4v) is 1.59. The van der Waals surface area contributed by atoms with Crippen molar-refractivity contribution < 1.29 is 17.6 Å². The molecule has 0 fully saturated rings. The van der Waals surface area contributed by atoms with Gasteiger partial charge >= 0.3 is 6.18 Å². The maximum absolute atomic E-state index is 13.5. The molecule has 17 heavy (non-hydrogen) atoms. The molecule has 0 aliphatic heterocycles. The van der Waals surface area contributed by atoms with Crippen molar-refractivity contribution in [3.05, 3.63) is 35.6 Å². The Hall–Kier alpha value is -1.10. The number of rotatable bonds is 4. The number of hydrogen-bond acceptors (Lipinski definition) is 1. The fraction of sp³-hybridized carbons (Fsp3) is 0.500. The molecule has 0 saturated carbocycles. The summed E-state index contributed by atoms with van der Waals surface area (Å²) in [4.78, 5) is 0. The van der Waals surface area contributed by atoms with Crippen molar-refractivity contribution in [3.8, 4) is 0 Å². The minimum Gasteiger partial charge on any atom is -0.300 e. The van der Waals surface area contributed by atoms with E-state index in [9.17, 15) is 17.6 Å². The molecule has 5 heteroatoms. The summed E-state index contributed by atoms with van der Waals surface area (Å²) in [5.41, 5.74) is -2.73. The highest BCUT2D eigenvalue weighted by Crippen LogP contribution is 2.39. The van der Waals surface area contributed by atoms with Crippen molar-refractivity contribution >= 4 is 0 Å². The van der Waals surface area contributed by atoms with Gasteiger partial charge in [0.15, 0.2) is 0 Å². The van der Waals surface area contributed by atoms with E-state index in [1.807, 2.05) is 0 Å². The minimum absolute atomic E-state index is 0.171. The fourth-order valence-electron chi connectivity index (χ4n) is 1.59. The molecule has 1 N–H and O–H groups in total. The normalized spacial score (nSPS) is 15.6. The van der Waals surface area contributed by atoms with Gasteiger partial charge in [-0.2, -0.15) is 13.2 Å². The van der Waals surface area contributed by atoms with Gasteiger partial charge in [0.2, 0.25) is 0 Å². The zero-order valence-corrected chi connectivity index (χ0v) is 9.74. The highest BCUT2D eigenvalue weighted by molar-refractivity contribution is 5.27. The molecule has 1 nitrogen and oxygen atoms in total. The van der Waals surface area contributed by atoms with Crippen molar-refractivity contribution in [2.75, 3.05) is 6.54 Å². The van der Waals surface area contributed by atoms with Crippen LogP contribution in [0.4, 0.5) is 17.6 Å². The van der Waals surface area contributed by atoms with E-state index in [-0.39, 0.29) is 12.1 Å². The van der Waals surface area contributed by atoms with Crippen LogP contribution in [0, 0.1) is 5.82 Å². The van der Waals surface area contributed by atoms with Crippen LogP contribution in [0.2, 0.25) is 0 Å². The largest absolute Gasteiger partial charge is 0.410 e. The van der Waals surface area contributed by atoms with Crippen LogP contribution >= 0.6 is 0 Å². The highest BCUT2D eigenvalue weighted by Gasteiger charge is 2.53. The Morgan fingerprint density at radius 2 is 1.76 bits per heavy atom. The average molecular weight is 249 g/mol. The molecule has 0 radical (unpaired) electrons. The first-order chi connectivity index (χ1) is 7.83. The Morgan fingerprint density at radius 1 is 1.18 bits per heavy atom. The molecular weight excluding hydrogens is 234 g/mol. The van der Waals surface area contributed by atoms with Crippen LogP contribution in [0.25, 0.3) is 0 Å². The van der Waals surface area contributed by atoms with Gasteiger partial charge in [-0.15, -0.1) is 0 Å². The number of nitrogens with one attached hydrogen (secondary N) is 1. The number of hydrogen-bond donors (Lipinski definition) is 1. The van der Waals surface area contributed by atoms with Gasteiger partial charge in [0.25, 0.3) is 0 Å². The Balaban J connectivity index is 3.20. The molecular formula is C12H15F4N. The molecule has 0 bridgehead atoms. The zero-order chi connectivity index (χ0) is 13.1. The molecule has 0 aliphatic rings. The van der Waals surface area contributed by atoms with E-state index < -0.39 is 17.5 Å². The third kappa shape index (κ3) is 2.77. The van der Waals surface area contributed by atoms with Gasteiger partial charge < -0.3 is 5.32 Å².